The van der Waals surface area contributed by atoms with Crippen molar-refractivity contribution in [2.75, 3.05) is 0 Å². The number of nitrogens with zero attached hydrogens (tertiary/aromatic N) is 2. The van der Waals surface area contributed by atoms with Crippen molar-refractivity contribution in [1.29, 1.82) is 0 Å². The summed E-state index contributed by atoms with van der Waals surface area (Å²) < 4.78 is 2.07. The van der Waals surface area contributed by atoms with Gasteiger partial charge in [0.1, 0.15) is 0 Å². The first-order chi connectivity index (χ1) is 6.33. The molecular formula is C11H10N2. The van der Waals surface area contributed by atoms with Crippen molar-refractivity contribution in [2.45, 2.75) is 6.54 Å². The van der Waals surface area contributed by atoms with Crippen molar-refractivity contribution < 1.29 is 0 Å². The molecule has 2 rings (SSSR count). The van der Waals surface area contributed by atoms with E-state index in [9.17, 15) is 0 Å². The van der Waals surface area contributed by atoms with Crippen LogP contribution in [0.5, 0.6) is 0 Å². The molecule has 1 heterocycles. The first-order valence-electron chi connectivity index (χ1n) is 4.19. The third-order valence-electron chi connectivity index (χ3n) is 2.27. The highest BCUT2D eigenvalue weighted by atomic mass is 14.9. The second kappa shape index (κ2) is 2.95. The largest absolute Gasteiger partial charge is 0.351 e. The van der Waals surface area contributed by atoms with Crippen LogP contribution in [0.2, 0.25) is 0 Å². The van der Waals surface area contributed by atoms with Gasteiger partial charge in [-0.15, -0.1) is 0 Å². The average molecular weight is 170 g/mol. The fourth-order valence-electron chi connectivity index (χ4n) is 1.59. The van der Waals surface area contributed by atoms with Crippen molar-refractivity contribution in [2.24, 2.45) is 7.05 Å². The summed E-state index contributed by atoms with van der Waals surface area (Å²) >= 11 is 0. The highest BCUT2D eigenvalue weighted by Gasteiger charge is 2.04. The SMILES string of the molecule is [C-]#[N+]Cc1cccc2c1ccn2C. The molecule has 2 heteroatoms. The predicted molar refractivity (Wildman–Crippen MR) is 53.2 cm³/mol. The summed E-state index contributed by atoms with van der Waals surface area (Å²) in [7, 11) is 2.02. The zero-order valence-corrected chi connectivity index (χ0v) is 7.49. The van der Waals surface area contributed by atoms with Crippen LogP contribution in [0.25, 0.3) is 15.7 Å². The van der Waals surface area contributed by atoms with Gasteiger partial charge in [-0.3, -0.25) is 0 Å². The van der Waals surface area contributed by atoms with Gasteiger partial charge in [0.15, 0.2) is 0 Å². The van der Waals surface area contributed by atoms with Gasteiger partial charge < -0.3 is 9.41 Å². The monoisotopic (exact) mass is 170 g/mol. The minimum atomic E-state index is 0.474. The van der Waals surface area contributed by atoms with Gasteiger partial charge in [0.25, 0.3) is 0 Å². The lowest BCUT2D eigenvalue weighted by Gasteiger charge is -1.97. The number of hydrogen-bond donors (Lipinski definition) is 0. The molecule has 0 N–H and O–H groups in total. The first-order valence-corrected chi connectivity index (χ1v) is 4.19. The molecule has 0 bridgehead atoms. The van der Waals surface area contributed by atoms with Crippen LogP contribution in [0.3, 0.4) is 0 Å². The molecule has 0 saturated carbocycles. The molecule has 13 heavy (non-hydrogen) atoms. The Morgan fingerprint density at radius 3 is 3.00 bits per heavy atom. The van der Waals surface area contributed by atoms with Gasteiger partial charge in [0, 0.05) is 29.7 Å². The summed E-state index contributed by atoms with van der Waals surface area (Å²) in [5.74, 6) is 0. The molecule has 0 amide bonds. The van der Waals surface area contributed by atoms with E-state index in [1.165, 1.54) is 10.9 Å². The van der Waals surface area contributed by atoms with Crippen LogP contribution in [0, 0.1) is 6.57 Å². The van der Waals surface area contributed by atoms with Crippen LogP contribution in [0.1, 0.15) is 5.56 Å². The predicted octanol–water partition coefficient (Wildman–Crippen LogP) is 2.60. The molecular weight excluding hydrogens is 160 g/mol. The van der Waals surface area contributed by atoms with E-state index in [0.717, 1.165) is 5.56 Å². The number of aromatic nitrogens is 1. The Balaban J connectivity index is 2.71. The van der Waals surface area contributed by atoms with Crippen LogP contribution >= 0.6 is 0 Å². The fourth-order valence-corrected chi connectivity index (χ4v) is 1.59. The fraction of sp³-hybridized carbons (Fsp3) is 0.182. The van der Waals surface area contributed by atoms with Crippen molar-refractivity contribution in [1.82, 2.24) is 4.57 Å². The Bertz CT molecular complexity index is 474. The highest BCUT2D eigenvalue weighted by Crippen LogP contribution is 2.19. The molecule has 0 fully saturated rings. The van der Waals surface area contributed by atoms with Gasteiger partial charge in [0.2, 0.25) is 6.54 Å². The van der Waals surface area contributed by atoms with Crippen molar-refractivity contribution in [3.05, 3.63) is 47.4 Å². The smallest absolute Gasteiger partial charge is 0.240 e. The van der Waals surface area contributed by atoms with Gasteiger partial charge in [0.05, 0.1) is 0 Å². The second-order valence-electron chi connectivity index (χ2n) is 3.09. The summed E-state index contributed by atoms with van der Waals surface area (Å²) in [5, 5.41) is 1.20. The second-order valence-corrected chi connectivity index (χ2v) is 3.09. The molecule has 2 nitrogen and oxygen atoms in total. The molecule has 0 saturated heterocycles. The maximum atomic E-state index is 6.84. The summed E-state index contributed by atoms with van der Waals surface area (Å²) in [6.45, 7) is 7.31. The summed E-state index contributed by atoms with van der Waals surface area (Å²) in [5.41, 5.74) is 2.31. The standard InChI is InChI=1S/C11H10N2/c1-12-8-9-4-3-5-11-10(9)6-7-13(11)2/h3-7H,8H2,2H3. The lowest BCUT2D eigenvalue weighted by molar-refractivity contribution is 0.969. The zero-order valence-electron chi connectivity index (χ0n) is 7.49. The Hall–Kier alpha value is -1.75. The molecule has 0 unspecified atom stereocenters. The van der Waals surface area contributed by atoms with Crippen LogP contribution < -0.4 is 0 Å². The van der Waals surface area contributed by atoms with E-state index < -0.39 is 0 Å². The molecule has 2 aromatic rings. The van der Waals surface area contributed by atoms with E-state index in [-0.39, 0.29) is 0 Å². The number of hydrogen-bond acceptors (Lipinski definition) is 0. The van der Waals surface area contributed by atoms with Crippen LogP contribution in [0.4, 0.5) is 0 Å². The number of fused-ring (bicyclic) bond motifs is 1. The topological polar surface area (TPSA) is 9.29 Å². The molecule has 1 aromatic carbocycles. The minimum absolute atomic E-state index is 0.474. The highest BCUT2D eigenvalue weighted by molar-refractivity contribution is 5.83. The van der Waals surface area contributed by atoms with E-state index in [0.29, 0.717) is 6.54 Å². The molecule has 0 aliphatic rings. The molecule has 0 atom stereocenters. The molecule has 0 spiro atoms. The molecule has 64 valence electrons. The normalized spacial score (nSPS) is 10.2. The summed E-state index contributed by atoms with van der Waals surface area (Å²) in [6.07, 6.45) is 2.03. The number of benzene rings is 1. The first kappa shape index (κ1) is 7.88. The third kappa shape index (κ3) is 1.19. The lowest BCUT2D eigenvalue weighted by atomic mass is 10.1. The summed E-state index contributed by atoms with van der Waals surface area (Å²) in [6, 6.07) is 8.15. The number of rotatable bonds is 1. The third-order valence-corrected chi connectivity index (χ3v) is 2.27. The molecule has 0 radical (unpaired) electrons. The van der Waals surface area contributed by atoms with E-state index in [1.54, 1.807) is 0 Å². The maximum absolute atomic E-state index is 6.84. The van der Waals surface area contributed by atoms with E-state index in [4.69, 9.17) is 6.57 Å². The van der Waals surface area contributed by atoms with Gasteiger partial charge >= 0.3 is 0 Å². The quantitative estimate of drug-likeness (QED) is 0.582. The molecule has 0 aliphatic carbocycles. The zero-order chi connectivity index (χ0) is 9.26. The van der Waals surface area contributed by atoms with E-state index in [2.05, 4.69) is 21.5 Å². The Morgan fingerprint density at radius 2 is 2.23 bits per heavy atom. The van der Waals surface area contributed by atoms with E-state index >= 15 is 0 Å². The van der Waals surface area contributed by atoms with E-state index in [1.807, 2.05) is 25.4 Å². The molecule has 1 aromatic heterocycles. The molecule has 0 aliphatic heterocycles. The van der Waals surface area contributed by atoms with Crippen molar-refractivity contribution in [3.8, 4) is 0 Å². The minimum Gasteiger partial charge on any atom is -0.351 e. The average Bonchev–Trinajstić information content (AvgIpc) is 2.50. The van der Waals surface area contributed by atoms with Crippen LogP contribution in [-0.2, 0) is 13.6 Å². The van der Waals surface area contributed by atoms with Crippen LogP contribution in [0.15, 0.2) is 30.5 Å². The van der Waals surface area contributed by atoms with Crippen LogP contribution in [-0.4, -0.2) is 4.57 Å². The summed E-state index contributed by atoms with van der Waals surface area (Å²) in [4.78, 5) is 3.41. The van der Waals surface area contributed by atoms with Gasteiger partial charge in [-0.2, -0.15) is 0 Å². The van der Waals surface area contributed by atoms with Crippen molar-refractivity contribution in [3.63, 3.8) is 0 Å². The number of aryl methyl sites for hydroxylation is 1. The lowest BCUT2D eigenvalue weighted by Crippen LogP contribution is -1.85. The maximum Gasteiger partial charge on any atom is 0.240 e. The van der Waals surface area contributed by atoms with Gasteiger partial charge in [-0.25, -0.2) is 6.57 Å². The Morgan fingerprint density at radius 1 is 1.38 bits per heavy atom. The Kier molecular flexibility index (Phi) is 1.79. The van der Waals surface area contributed by atoms with Crippen molar-refractivity contribution >= 4 is 10.9 Å². The Labute approximate surface area is 77.2 Å². The van der Waals surface area contributed by atoms with Gasteiger partial charge in [-0.05, 0) is 12.1 Å². The van der Waals surface area contributed by atoms with Gasteiger partial charge in [-0.1, -0.05) is 12.1 Å².